The van der Waals surface area contributed by atoms with Crippen molar-refractivity contribution in [1.82, 2.24) is 4.90 Å². The summed E-state index contributed by atoms with van der Waals surface area (Å²) in [6.45, 7) is 8.62. The van der Waals surface area contributed by atoms with Crippen molar-refractivity contribution in [1.29, 1.82) is 0 Å². The van der Waals surface area contributed by atoms with Crippen LogP contribution in [0.2, 0.25) is 0 Å². The fraction of sp³-hybridized carbons (Fsp3) is 0.900. The number of carboxylic acid groups (broad SMARTS) is 1. The quantitative estimate of drug-likeness (QED) is 0.709. The highest BCUT2D eigenvalue weighted by molar-refractivity contribution is 5.66. The van der Waals surface area contributed by atoms with Crippen LogP contribution in [-0.4, -0.2) is 34.5 Å². The third kappa shape index (κ3) is 2.61. The lowest BCUT2D eigenvalue weighted by Crippen LogP contribution is -2.49. The number of amides is 1. The largest absolute Gasteiger partial charge is 0.465 e. The third-order valence-corrected chi connectivity index (χ3v) is 2.37. The van der Waals surface area contributed by atoms with Crippen LogP contribution in [0.5, 0.6) is 0 Å². The molecule has 1 N–H and O–H groups in total. The van der Waals surface area contributed by atoms with Gasteiger partial charge in [0.05, 0.1) is 6.61 Å². The third-order valence-electron chi connectivity index (χ3n) is 2.37. The van der Waals surface area contributed by atoms with Crippen LogP contribution in [0, 0.1) is 5.92 Å². The molecule has 1 rings (SSSR count). The summed E-state index contributed by atoms with van der Waals surface area (Å²) in [5.74, 6) is 0.477. The zero-order valence-corrected chi connectivity index (χ0v) is 9.28. The molecular formula is C10H19NO3. The van der Waals surface area contributed by atoms with E-state index in [2.05, 4.69) is 13.8 Å². The van der Waals surface area contributed by atoms with Crippen LogP contribution in [0.25, 0.3) is 0 Å². The van der Waals surface area contributed by atoms with Crippen LogP contribution < -0.4 is 0 Å². The summed E-state index contributed by atoms with van der Waals surface area (Å²) in [6, 6.07) is 0. The van der Waals surface area contributed by atoms with Gasteiger partial charge in [0.25, 0.3) is 0 Å². The first-order valence-electron chi connectivity index (χ1n) is 4.98. The number of nitrogens with zero attached hydrogens (tertiary/aromatic N) is 1. The standard InChI is InChI=1S/C10H19NO3/c1-7(2)5-10(3,4)11(9(12)13)8-6-14-8/h7-8H,5-6H2,1-4H3,(H,12,13). The highest BCUT2D eigenvalue weighted by Crippen LogP contribution is 2.30. The molecule has 0 saturated carbocycles. The first-order valence-corrected chi connectivity index (χ1v) is 4.98. The second-order valence-electron chi connectivity index (χ2n) is 4.85. The predicted molar refractivity (Wildman–Crippen MR) is 53.1 cm³/mol. The minimum atomic E-state index is -0.891. The van der Waals surface area contributed by atoms with E-state index in [0.29, 0.717) is 12.5 Å². The Bertz CT molecular complexity index is 221. The fourth-order valence-electron chi connectivity index (χ4n) is 2.06. The molecule has 0 spiro atoms. The van der Waals surface area contributed by atoms with Crippen molar-refractivity contribution in [2.75, 3.05) is 6.61 Å². The monoisotopic (exact) mass is 201 g/mol. The van der Waals surface area contributed by atoms with Gasteiger partial charge in [0.15, 0.2) is 6.23 Å². The molecular weight excluding hydrogens is 182 g/mol. The Kier molecular flexibility index (Phi) is 3.04. The second kappa shape index (κ2) is 3.77. The number of hydrogen-bond donors (Lipinski definition) is 1. The van der Waals surface area contributed by atoms with Crippen LogP contribution in [-0.2, 0) is 4.74 Å². The van der Waals surface area contributed by atoms with E-state index in [1.165, 1.54) is 4.90 Å². The average molecular weight is 201 g/mol. The molecule has 1 heterocycles. The predicted octanol–water partition coefficient (Wildman–Crippen LogP) is 2.15. The molecule has 0 aromatic heterocycles. The van der Waals surface area contributed by atoms with Gasteiger partial charge in [-0.2, -0.15) is 0 Å². The molecule has 4 nitrogen and oxygen atoms in total. The minimum absolute atomic E-state index is 0.221. The van der Waals surface area contributed by atoms with E-state index < -0.39 is 6.09 Å². The maximum atomic E-state index is 11.1. The molecule has 1 fully saturated rings. The molecule has 0 bridgehead atoms. The van der Waals surface area contributed by atoms with Crippen molar-refractivity contribution in [2.24, 2.45) is 5.92 Å². The smallest absolute Gasteiger partial charge is 0.409 e. The first kappa shape index (κ1) is 11.3. The van der Waals surface area contributed by atoms with Gasteiger partial charge in [-0.3, -0.25) is 4.90 Å². The molecule has 82 valence electrons. The van der Waals surface area contributed by atoms with E-state index in [-0.39, 0.29) is 11.8 Å². The van der Waals surface area contributed by atoms with Crippen LogP contribution in [0.15, 0.2) is 0 Å². The van der Waals surface area contributed by atoms with Gasteiger partial charge in [-0.05, 0) is 26.2 Å². The molecule has 4 heteroatoms. The Morgan fingerprint density at radius 3 is 2.43 bits per heavy atom. The van der Waals surface area contributed by atoms with Gasteiger partial charge in [0.1, 0.15) is 0 Å². The fourth-order valence-corrected chi connectivity index (χ4v) is 2.06. The maximum Gasteiger partial charge on any atom is 0.409 e. The van der Waals surface area contributed by atoms with Crippen LogP contribution in [0.4, 0.5) is 4.79 Å². The van der Waals surface area contributed by atoms with Gasteiger partial charge < -0.3 is 9.84 Å². The molecule has 0 aromatic rings. The Morgan fingerprint density at radius 1 is 1.64 bits per heavy atom. The number of carbonyl (C=O) groups is 1. The van der Waals surface area contributed by atoms with E-state index in [0.717, 1.165) is 6.42 Å². The van der Waals surface area contributed by atoms with Crippen molar-refractivity contribution >= 4 is 6.09 Å². The second-order valence-corrected chi connectivity index (χ2v) is 4.85. The Balaban J connectivity index is 2.69. The summed E-state index contributed by atoms with van der Waals surface area (Å²) in [4.78, 5) is 12.5. The number of rotatable bonds is 4. The van der Waals surface area contributed by atoms with Crippen LogP contribution in [0.3, 0.4) is 0 Å². The molecule has 1 saturated heterocycles. The Morgan fingerprint density at radius 2 is 2.14 bits per heavy atom. The molecule has 1 amide bonds. The molecule has 1 aliphatic rings. The van der Waals surface area contributed by atoms with Gasteiger partial charge in [-0.15, -0.1) is 0 Å². The van der Waals surface area contributed by atoms with Crippen molar-refractivity contribution in [3.8, 4) is 0 Å². The normalized spacial score (nSPS) is 21.1. The van der Waals surface area contributed by atoms with E-state index >= 15 is 0 Å². The number of hydrogen-bond acceptors (Lipinski definition) is 2. The van der Waals surface area contributed by atoms with Crippen molar-refractivity contribution in [3.05, 3.63) is 0 Å². The number of ether oxygens (including phenoxy) is 1. The number of epoxide rings is 1. The Labute approximate surface area is 84.8 Å². The highest BCUT2D eigenvalue weighted by atomic mass is 16.6. The summed E-state index contributed by atoms with van der Waals surface area (Å²) in [5, 5.41) is 9.08. The van der Waals surface area contributed by atoms with Crippen LogP contribution in [0.1, 0.15) is 34.1 Å². The van der Waals surface area contributed by atoms with Gasteiger partial charge in [-0.1, -0.05) is 13.8 Å². The zero-order valence-electron chi connectivity index (χ0n) is 9.28. The molecule has 0 aromatic carbocycles. The summed E-state index contributed by atoms with van der Waals surface area (Å²) >= 11 is 0. The maximum absolute atomic E-state index is 11.1. The topological polar surface area (TPSA) is 53.1 Å². The molecule has 1 atom stereocenters. The molecule has 0 radical (unpaired) electrons. The molecule has 14 heavy (non-hydrogen) atoms. The van der Waals surface area contributed by atoms with Gasteiger partial charge >= 0.3 is 6.09 Å². The van der Waals surface area contributed by atoms with Gasteiger partial charge in [-0.25, -0.2) is 4.79 Å². The van der Waals surface area contributed by atoms with Gasteiger partial charge in [0.2, 0.25) is 0 Å². The lowest BCUT2D eigenvalue weighted by atomic mass is 9.91. The van der Waals surface area contributed by atoms with Crippen molar-refractivity contribution in [2.45, 2.75) is 45.9 Å². The highest BCUT2D eigenvalue weighted by Gasteiger charge is 2.43. The van der Waals surface area contributed by atoms with Crippen LogP contribution >= 0.6 is 0 Å². The van der Waals surface area contributed by atoms with Crippen molar-refractivity contribution in [3.63, 3.8) is 0 Å². The summed E-state index contributed by atoms with van der Waals surface area (Å²) in [7, 11) is 0. The summed E-state index contributed by atoms with van der Waals surface area (Å²) in [5.41, 5.74) is -0.346. The lowest BCUT2D eigenvalue weighted by Gasteiger charge is -2.36. The summed E-state index contributed by atoms with van der Waals surface area (Å²) in [6.07, 6.45) is -0.265. The van der Waals surface area contributed by atoms with E-state index in [9.17, 15) is 4.79 Å². The molecule has 1 aliphatic heterocycles. The first-order chi connectivity index (χ1) is 6.34. The molecule has 0 aliphatic carbocycles. The summed E-state index contributed by atoms with van der Waals surface area (Å²) < 4.78 is 5.04. The van der Waals surface area contributed by atoms with E-state index in [4.69, 9.17) is 9.84 Å². The molecule has 1 unspecified atom stereocenters. The Hall–Kier alpha value is -0.770. The van der Waals surface area contributed by atoms with E-state index in [1.54, 1.807) is 0 Å². The van der Waals surface area contributed by atoms with E-state index in [1.807, 2.05) is 13.8 Å². The SMILES string of the molecule is CC(C)CC(C)(C)N(C(=O)O)C1CO1. The minimum Gasteiger partial charge on any atom is -0.465 e. The van der Waals surface area contributed by atoms with Crippen molar-refractivity contribution < 1.29 is 14.6 Å². The lowest BCUT2D eigenvalue weighted by molar-refractivity contribution is 0.0493. The average Bonchev–Trinajstić information content (AvgIpc) is 2.65. The zero-order chi connectivity index (χ0) is 10.9. The van der Waals surface area contributed by atoms with Gasteiger partial charge in [0, 0.05) is 5.54 Å².